The van der Waals surface area contributed by atoms with Crippen LogP contribution in [0.2, 0.25) is 0 Å². The summed E-state index contributed by atoms with van der Waals surface area (Å²) in [6, 6.07) is 41.2. The van der Waals surface area contributed by atoms with Gasteiger partial charge in [-0.1, -0.05) is 48.5 Å². The van der Waals surface area contributed by atoms with Gasteiger partial charge in [0.2, 0.25) is 5.89 Å². The van der Waals surface area contributed by atoms with Gasteiger partial charge in [-0.2, -0.15) is 0 Å². The molecule has 2 heterocycles. The summed E-state index contributed by atoms with van der Waals surface area (Å²) in [6.07, 6.45) is 0. The molecule has 0 bridgehead atoms. The molecule has 8 rings (SSSR count). The van der Waals surface area contributed by atoms with Crippen LogP contribution in [0.15, 0.2) is 126 Å². The van der Waals surface area contributed by atoms with Crippen molar-refractivity contribution in [3.05, 3.63) is 144 Å². The number of benzene rings is 6. The highest BCUT2D eigenvalue weighted by Gasteiger charge is 2.23. The lowest BCUT2D eigenvalue weighted by Crippen LogP contribution is -2.08. The molecular formula is C55H61N7O3. The maximum absolute atomic E-state index is 10.9. The van der Waals surface area contributed by atoms with Crippen LogP contribution >= 0.6 is 0 Å². The van der Waals surface area contributed by atoms with Gasteiger partial charge in [0.05, 0.1) is 22.5 Å². The summed E-state index contributed by atoms with van der Waals surface area (Å²) < 4.78 is 8.41. The quantitative estimate of drug-likeness (QED) is 0.139. The van der Waals surface area contributed by atoms with Gasteiger partial charge < -0.3 is 38.8 Å². The van der Waals surface area contributed by atoms with Crippen molar-refractivity contribution in [1.29, 1.82) is 0 Å². The molecule has 0 saturated carbocycles. The fourth-order valence-corrected chi connectivity index (χ4v) is 8.01. The van der Waals surface area contributed by atoms with Crippen molar-refractivity contribution >= 4 is 22.7 Å². The van der Waals surface area contributed by atoms with Gasteiger partial charge in [-0.3, -0.25) is 0 Å². The lowest BCUT2D eigenvalue weighted by Gasteiger charge is -2.15. The van der Waals surface area contributed by atoms with Gasteiger partial charge in [-0.05, 0) is 123 Å². The van der Waals surface area contributed by atoms with E-state index in [0.29, 0.717) is 17.2 Å². The molecule has 2 aromatic heterocycles. The number of rotatable bonds is 10. The van der Waals surface area contributed by atoms with E-state index in [4.69, 9.17) is 14.4 Å². The summed E-state index contributed by atoms with van der Waals surface area (Å²) in [5.41, 5.74) is 16.3. The van der Waals surface area contributed by atoms with Crippen LogP contribution < -0.4 is 19.6 Å². The first-order valence-electron chi connectivity index (χ1n) is 21.7. The van der Waals surface area contributed by atoms with Crippen LogP contribution in [0.1, 0.15) is 22.3 Å². The predicted octanol–water partition coefficient (Wildman–Crippen LogP) is 12.0. The molecule has 2 N–H and O–H groups in total. The van der Waals surface area contributed by atoms with Crippen LogP contribution in [0.5, 0.6) is 11.5 Å². The highest BCUT2D eigenvalue weighted by molar-refractivity contribution is 5.85. The molecule has 0 aliphatic carbocycles. The van der Waals surface area contributed by atoms with Crippen LogP contribution in [0, 0.1) is 27.7 Å². The van der Waals surface area contributed by atoms with Gasteiger partial charge in [0, 0.05) is 108 Å². The summed E-state index contributed by atoms with van der Waals surface area (Å²) in [7, 11) is 18.2. The molecule has 0 unspecified atom stereocenters. The Morgan fingerprint density at radius 1 is 0.446 bits per heavy atom. The number of phenols is 2. The van der Waals surface area contributed by atoms with Crippen molar-refractivity contribution in [3.63, 3.8) is 0 Å². The smallest absolute Gasteiger partial charge is 0.231 e. The first kappa shape index (κ1) is 45.6. The second-order valence-electron chi connectivity index (χ2n) is 17.6. The summed E-state index contributed by atoms with van der Waals surface area (Å²) >= 11 is 0. The van der Waals surface area contributed by atoms with E-state index in [1.54, 1.807) is 0 Å². The molecule has 0 spiro atoms. The average Bonchev–Trinajstić information content (AvgIpc) is 3.88. The van der Waals surface area contributed by atoms with Gasteiger partial charge in [-0.15, -0.1) is 0 Å². The molecule has 334 valence electrons. The maximum atomic E-state index is 10.9. The third kappa shape index (κ3) is 9.57. The molecule has 65 heavy (non-hydrogen) atoms. The summed E-state index contributed by atoms with van der Waals surface area (Å²) in [5.74, 6) is 2.31. The van der Waals surface area contributed by atoms with Crippen molar-refractivity contribution in [2.45, 2.75) is 27.7 Å². The fourth-order valence-electron chi connectivity index (χ4n) is 8.01. The van der Waals surface area contributed by atoms with Crippen molar-refractivity contribution in [2.75, 3.05) is 76.0 Å². The molecular weight excluding hydrogens is 807 g/mol. The maximum Gasteiger partial charge on any atom is 0.231 e. The molecule has 0 radical (unpaired) electrons. The first-order chi connectivity index (χ1) is 30.9. The Balaban J connectivity index is 0.000000194. The van der Waals surface area contributed by atoms with Crippen LogP contribution in [-0.2, 0) is 7.05 Å². The van der Waals surface area contributed by atoms with E-state index >= 15 is 0 Å². The molecule has 0 aliphatic rings. The van der Waals surface area contributed by atoms with E-state index in [1.165, 1.54) is 0 Å². The standard InChI is InChI=1S/C28H32N4O.C27H29N3O2/c1-18-16-19(2)27(33)24(17-18)28-29-25(20-8-12-22(13-9-20)30(3)4)26(32(28)7)21-10-14-23(15-11-21)31(5)6;1-17-15-18(2)25(31)23(16-17)27-28-24(19-7-11-21(12-8-19)29(3)4)26(32-27)20-9-13-22(14-10-20)30(5)6/h8-17,33H,1-7H3;7-16,31H,1-6H3. The molecule has 10 nitrogen and oxygen atoms in total. The Labute approximate surface area is 384 Å². The molecule has 0 atom stereocenters. The largest absolute Gasteiger partial charge is 0.507 e. The molecule has 0 amide bonds. The third-order valence-electron chi connectivity index (χ3n) is 11.7. The summed E-state index contributed by atoms with van der Waals surface area (Å²) in [6.45, 7) is 7.86. The molecule has 10 heteroatoms. The second-order valence-corrected chi connectivity index (χ2v) is 17.6. The van der Waals surface area contributed by atoms with Crippen LogP contribution in [-0.4, -0.2) is 81.1 Å². The SMILES string of the molecule is Cc1cc(C)c(O)c(-c2nc(-c3ccc(N(C)C)cc3)c(-c3ccc(N(C)C)cc3)n2C)c1.Cc1cc(C)c(O)c(-c2nc(-c3ccc(N(C)C)cc3)c(-c3ccc(N(C)C)cc3)o2)c1. The average molecular weight is 868 g/mol. The van der Waals surface area contributed by atoms with Crippen molar-refractivity contribution < 1.29 is 14.6 Å². The van der Waals surface area contributed by atoms with Gasteiger partial charge in [0.25, 0.3) is 0 Å². The zero-order chi connectivity index (χ0) is 46.9. The number of phenolic OH excluding ortho intramolecular Hbond substituents is 2. The molecule has 6 aromatic carbocycles. The Morgan fingerprint density at radius 3 is 1.25 bits per heavy atom. The molecule has 8 aromatic rings. The Bertz CT molecular complexity index is 2860. The number of oxazole rings is 1. The minimum atomic E-state index is 0.195. The van der Waals surface area contributed by atoms with Gasteiger partial charge in [0.1, 0.15) is 23.0 Å². The number of imidazole rings is 1. The van der Waals surface area contributed by atoms with Gasteiger partial charge >= 0.3 is 0 Å². The number of aryl methyl sites for hydroxylation is 4. The number of anilines is 4. The topological polar surface area (TPSA) is 97.3 Å². The predicted molar refractivity (Wildman–Crippen MR) is 272 cm³/mol. The number of nitrogens with zero attached hydrogens (tertiary/aromatic N) is 7. The molecule has 0 fully saturated rings. The van der Waals surface area contributed by atoms with Crippen molar-refractivity contribution in [1.82, 2.24) is 14.5 Å². The highest BCUT2D eigenvalue weighted by Crippen LogP contribution is 2.42. The Morgan fingerprint density at radius 2 is 0.815 bits per heavy atom. The zero-order valence-corrected chi connectivity index (χ0v) is 40.0. The lowest BCUT2D eigenvalue weighted by molar-refractivity contribution is 0.469. The first-order valence-corrected chi connectivity index (χ1v) is 21.7. The summed E-state index contributed by atoms with van der Waals surface area (Å²) in [5, 5.41) is 21.6. The minimum Gasteiger partial charge on any atom is -0.507 e. The number of aromatic hydroxyl groups is 2. The second kappa shape index (κ2) is 18.7. The van der Waals surface area contributed by atoms with E-state index in [0.717, 1.165) is 95.7 Å². The van der Waals surface area contributed by atoms with E-state index in [-0.39, 0.29) is 11.5 Å². The number of hydrogen-bond acceptors (Lipinski definition) is 9. The van der Waals surface area contributed by atoms with Crippen molar-refractivity contribution in [2.24, 2.45) is 7.05 Å². The number of aromatic nitrogens is 3. The van der Waals surface area contributed by atoms with Crippen LogP contribution in [0.25, 0.3) is 67.9 Å². The van der Waals surface area contributed by atoms with E-state index in [9.17, 15) is 10.2 Å². The van der Waals surface area contributed by atoms with E-state index < -0.39 is 0 Å². The Kier molecular flexibility index (Phi) is 13.1. The Hall–Kier alpha value is -7.46. The van der Waals surface area contributed by atoms with Gasteiger partial charge in [0.15, 0.2) is 5.76 Å². The molecule has 0 aliphatic heterocycles. The van der Waals surface area contributed by atoms with Gasteiger partial charge in [-0.25, -0.2) is 9.97 Å². The zero-order valence-electron chi connectivity index (χ0n) is 40.0. The van der Waals surface area contributed by atoms with E-state index in [1.807, 2.05) is 128 Å². The lowest BCUT2D eigenvalue weighted by atomic mass is 10.0. The highest BCUT2D eigenvalue weighted by atomic mass is 16.4. The third-order valence-corrected chi connectivity index (χ3v) is 11.7. The van der Waals surface area contributed by atoms with Crippen molar-refractivity contribution in [3.8, 4) is 79.4 Å². The van der Waals surface area contributed by atoms with Crippen LogP contribution in [0.3, 0.4) is 0 Å². The van der Waals surface area contributed by atoms with E-state index in [2.05, 4.69) is 109 Å². The molecule has 0 saturated heterocycles. The van der Waals surface area contributed by atoms with Crippen LogP contribution in [0.4, 0.5) is 22.7 Å². The minimum absolute atomic E-state index is 0.195. The summed E-state index contributed by atoms with van der Waals surface area (Å²) in [4.78, 5) is 18.2. The fraction of sp³-hybridized carbons (Fsp3) is 0.236. The number of hydrogen-bond donors (Lipinski definition) is 2. The normalized spacial score (nSPS) is 11.0. The monoisotopic (exact) mass is 867 g/mol.